The van der Waals surface area contributed by atoms with E-state index in [4.69, 9.17) is 0 Å². The first-order valence-electron chi connectivity index (χ1n) is 6.79. The molecule has 0 aliphatic carbocycles. The van der Waals surface area contributed by atoms with Gasteiger partial charge >= 0.3 is 0 Å². The average Bonchev–Trinajstić information content (AvgIpc) is 2.92. The Morgan fingerprint density at radius 3 is 2.24 bits per heavy atom. The van der Waals surface area contributed by atoms with E-state index in [2.05, 4.69) is 10.4 Å². The Morgan fingerprint density at radius 1 is 0.952 bits per heavy atom. The Bertz CT molecular complexity index is 704. The molecule has 0 spiro atoms. The van der Waals surface area contributed by atoms with Gasteiger partial charge in [-0.25, -0.2) is 4.39 Å². The van der Waals surface area contributed by atoms with Gasteiger partial charge in [0.2, 0.25) is 0 Å². The van der Waals surface area contributed by atoms with Crippen molar-refractivity contribution < 1.29 is 4.39 Å². The molecule has 3 rings (SSSR count). The molecule has 0 saturated carbocycles. The van der Waals surface area contributed by atoms with Crippen molar-refractivity contribution in [3.05, 3.63) is 83.8 Å². The zero-order chi connectivity index (χ0) is 14.7. The van der Waals surface area contributed by atoms with Crippen molar-refractivity contribution in [2.45, 2.75) is 6.04 Å². The molecular weight excluding hydrogens is 265 g/mol. The van der Waals surface area contributed by atoms with Crippen LogP contribution in [0.15, 0.2) is 66.9 Å². The maximum absolute atomic E-state index is 13.1. The summed E-state index contributed by atoms with van der Waals surface area (Å²) < 4.78 is 14.9. The van der Waals surface area contributed by atoms with Crippen LogP contribution in [0.1, 0.15) is 17.2 Å². The van der Waals surface area contributed by atoms with E-state index < -0.39 is 0 Å². The lowest BCUT2D eigenvalue weighted by molar-refractivity contribution is 0.626. The van der Waals surface area contributed by atoms with Crippen LogP contribution < -0.4 is 5.32 Å². The van der Waals surface area contributed by atoms with Crippen molar-refractivity contribution in [2.75, 3.05) is 5.32 Å². The summed E-state index contributed by atoms with van der Waals surface area (Å²) in [6.45, 7) is 0. The molecular formula is C17H16FN3. The summed E-state index contributed by atoms with van der Waals surface area (Å²) in [4.78, 5) is 0. The maximum Gasteiger partial charge on any atom is 0.148 e. The smallest absolute Gasteiger partial charge is 0.148 e. The zero-order valence-corrected chi connectivity index (χ0v) is 11.7. The quantitative estimate of drug-likeness (QED) is 0.789. The first-order chi connectivity index (χ1) is 10.2. The van der Waals surface area contributed by atoms with Gasteiger partial charge in [0, 0.05) is 19.3 Å². The summed E-state index contributed by atoms with van der Waals surface area (Å²) in [6.07, 6.45) is 1.88. The van der Waals surface area contributed by atoms with Gasteiger partial charge in [-0.05, 0) is 23.3 Å². The highest BCUT2D eigenvalue weighted by Crippen LogP contribution is 2.26. The molecule has 1 atom stereocenters. The van der Waals surface area contributed by atoms with Gasteiger partial charge in [0.15, 0.2) is 0 Å². The van der Waals surface area contributed by atoms with E-state index in [1.165, 1.54) is 12.1 Å². The van der Waals surface area contributed by atoms with Crippen LogP contribution in [0.4, 0.5) is 10.2 Å². The fourth-order valence-electron chi connectivity index (χ4n) is 2.30. The first kappa shape index (κ1) is 13.4. The molecule has 1 heterocycles. The number of hydrogen-bond donors (Lipinski definition) is 1. The Labute approximate surface area is 123 Å². The summed E-state index contributed by atoms with van der Waals surface area (Å²) in [7, 11) is 1.88. The number of aryl methyl sites for hydroxylation is 1. The molecule has 4 heteroatoms. The SMILES string of the molecule is Cn1ccc(NC(c2ccccc2)c2ccc(F)cc2)n1. The molecule has 106 valence electrons. The molecule has 0 aliphatic rings. The first-order valence-corrected chi connectivity index (χ1v) is 6.79. The number of aromatic nitrogens is 2. The molecule has 3 aromatic rings. The van der Waals surface area contributed by atoms with E-state index in [0.29, 0.717) is 0 Å². The summed E-state index contributed by atoms with van der Waals surface area (Å²) in [5, 5.41) is 7.75. The van der Waals surface area contributed by atoms with Gasteiger partial charge in [0.05, 0.1) is 6.04 Å². The molecule has 0 saturated heterocycles. The normalized spacial score (nSPS) is 12.1. The number of nitrogens with one attached hydrogen (secondary N) is 1. The predicted molar refractivity (Wildman–Crippen MR) is 81.5 cm³/mol. The minimum atomic E-state index is -0.233. The van der Waals surface area contributed by atoms with Gasteiger partial charge in [-0.1, -0.05) is 42.5 Å². The number of anilines is 1. The standard InChI is InChI=1S/C17H16FN3/c1-21-12-11-16(20-21)19-17(13-5-3-2-4-6-13)14-7-9-15(18)10-8-14/h2-12,17H,1H3,(H,19,20). The van der Waals surface area contributed by atoms with Crippen LogP contribution in [-0.2, 0) is 7.05 Å². The Morgan fingerprint density at radius 2 is 1.62 bits per heavy atom. The highest BCUT2D eigenvalue weighted by molar-refractivity contribution is 5.43. The van der Waals surface area contributed by atoms with Crippen molar-refractivity contribution in [3.8, 4) is 0 Å². The lowest BCUT2D eigenvalue weighted by atomic mass is 9.99. The van der Waals surface area contributed by atoms with Crippen LogP contribution in [0.5, 0.6) is 0 Å². The van der Waals surface area contributed by atoms with Crippen molar-refractivity contribution in [1.29, 1.82) is 0 Å². The van der Waals surface area contributed by atoms with Gasteiger partial charge in [-0.15, -0.1) is 0 Å². The largest absolute Gasteiger partial charge is 0.358 e. The average molecular weight is 281 g/mol. The number of benzene rings is 2. The van der Waals surface area contributed by atoms with Crippen molar-refractivity contribution in [3.63, 3.8) is 0 Å². The molecule has 0 radical (unpaired) electrons. The van der Waals surface area contributed by atoms with Crippen LogP contribution in [-0.4, -0.2) is 9.78 Å². The molecule has 1 aromatic heterocycles. The molecule has 1 N–H and O–H groups in total. The Kier molecular flexibility index (Phi) is 3.69. The van der Waals surface area contributed by atoms with E-state index in [-0.39, 0.29) is 11.9 Å². The molecule has 2 aromatic carbocycles. The minimum absolute atomic E-state index is 0.0679. The van der Waals surface area contributed by atoms with E-state index in [1.807, 2.05) is 49.6 Å². The number of nitrogens with zero attached hydrogens (tertiary/aromatic N) is 2. The predicted octanol–water partition coefficient (Wildman–Crippen LogP) is 3.76. The van der Waals surface area contributed by atoms with Gasteiger partial charge in [-0.2, -0.15) is 5.10 Å². The van der Waals surface area contributed by atoms with E-state index >= 15 is 0 Å². The third-order valence-electron chi connectivity index (χ3n) is 3.34. The number of hydrogen-bond acceptors (Lipinski definition) is 2. The monoisotopic (exact) mass is 281 g/mol. The second-order valence-corrected chi connectivity index (χ2v) is 4.91. The van der Waals surface area contributed by atoms with Gasteiger partial charge in [0.25, 0.3) is 0 Å². The van der Waals surface area contributed by atoms with Crippen LogP contribution in [0, 0.1) is 5.82 Å². The van der Waals surface area contributed by atoms with Crippen LogP contribution in [0.25, 0.3) is 0 Å². The van der Waals surface area contributed by atoms with Crippen molar-refractivity contribution in [2.24, 2.45) is 7.05 Å². The van der Waals surface area contributed by atoms with Gasteiger partial charge < -0.3 is 5.32 Å². The highest BCUT2D eigenvalue weighted by atomic mass is 19.1. The van der Waals surface area contributed by atoms with Crippen LogP contribution in [0.2, 0.25) is 0 Å². The van der Waals surface area contributed by atoms with Crippen LogP contribution >= 0.6 is 0 Å². The second kappa shape index (κ2) is 5.79. The third-order valence-corrected chi connectivity index (χ3v) is 3.34. The fourth-order valence-corrected chi connectivity index (χ4v) is 2.30. The Hall–Kier alpha value is -2.62. The number of halogens is 1. The lowest BCUT2D eigenvalue weighted by Crippen LogP contribution is -2.13. The van der Waals surface area contributed by atoms with Gasteiger partial charge in [-0.3, -0.25) is 4.68 Å². The Balaban J connectivity index is 1.96. The third kappa shape index (κ3) is 3.11. The van der Waals surface area contributed by atoms with E-state index in [1.54, 1.807) is 16.8 Å². The fraction of sp³-hybridized carbons (Fsp3) is 0.118. The number of rotatable bonds is 4. The van der Waals surface area contributed by atoms with Crippen LogP contribution in [0.3, 0.4) is 0 Å². The molecule has 1 unspecified atom stereocenters. The molecule has 0 aliphatic heterocycles. The minimum Gasteiger partial charge on any atom is -0.358 e. The molecule has 21 heavy (non-hydrogen) atoms. The molecule has 0 fully saturated rings. The van der Waals surface area contributed by atoms with Crippen molar-refractivity contribution in [1.82, 2.24) is 9.78 Å². The van der Waals surface area contributed by atoms with E-state index in [0.717, 1.165) is 16.9 Å². The maximum atomic E-state index is 13.1. The summed E-state index contributed by atoms with van der Waals surface area (Å²) in [5.41, 5.74) is 2.10. The topological polar surface area (TPSA) is 29.9 Å². The van der Waals surface area contributed by atoms with E-state index in [9.17, 15) is 4.39 Å². The summed E-state index contributed by atoms with van der Waals surface area (Å²) in [5.74, 6) is 0.555. The molecule has 3 nitrogen and oxygen atoms in total. The molecule has 0 bridgehead atoms. The lowest BCUT2D eigenvalue weighted by Gasteiger charge is -2.19. The van der Waals surface area contributed by atoms with Crippen molar-refractivity contribution >= 4 is 5.82 Å². The second-order valence-electron chi connectivity index (χ2n) is 4.91. The summed E-state index contributed by atoms with van der Waals surface area (Å²) in [6, 6.07) is 18.4. The molecule has 0 amide bonds. The van der Waals surface area contributed by atoms with Gasteiger partial charge in [0.1, 0.15) is 11.6 Å². The highest BCUT2D eigenvalue weighted by Gasteiger charge is 2.14. The zero-order valence-electron chi connectivity index (χ0n) is 11.7. The summed E-state index contributed by atoms with van der Waals surface area (Å²) >= 11 is 0.